The van der Waals surface area contributed by atoms with Crippen molar-refractivity contribution >= 4 is 57.8 Å². The van der Waals surface area contributed by atoms with Crippen molar-refractivity contribution in [3.05, 3.63) is 119 Å². The highest BCUT2D eigenvalue weighted by molar-refractivity contribution is 6.29. The van der Waals surface area contributed by atoms with Gasteiger partial charge in [0, 0.05) is 46.4 Å². The van der Waals surface area contributed by atoms with Gasteiger partial charge in [-0.05, 0) is 69.0 Å². The zero-order valence-electron chi connectivity index (χ0n) is 30.6. The smallest absolute Gasteiger partial charge is 0.338 e. The van der Waals surface area contributed by atoms with E-state index in [1.54, 1.807) is 6.07 Å². The Balaban J connectivity index is 0.000000211. The van der Waals surface area contributed by atoms with Crippen molar-refractivity contribution in [3.8, 4) is 11.1 Å². The number of ketones is 1. The number of fused-ring (bicyclic) bond motifs is 2. The van der Waals surface area contributed by atoms with Gasteiger partial charge in [-0.25, -0.2) is 29.0 Å². The minimum absolute atomic E-state index is 0.0929. The number of carbonyl (C=O) groups is 5. The van der Waals surface area contributed by atoms with E-state index in [0.717, 1.165) is 48.4 Å². The second kappa shape index (κ2) is 17.8. The highest BCUT2D eigenvalue weighted by Gasteiger charge is 2.32. The molecule has 1 saturated heterocycles. The average Bonchev–Trinajstić information content (AvgIpc) is 3.20. The molecular formula is C42H40N4O9. The summed E-state index contributed by atoms with van der Waals surface area (Å²) in [5.41, 5.74) is 11.3. The number of pyridine rings is 1. The van der Waals surface area contributed by atoms with Gasteiger partial charge in [0.15, 0.2) is 5.78 Å². The van der Waals surface area contributed by atoms with Crippen molar-refractivity contribution in [2.75, 3.05) is 50.2 Å². The van der Waals surface area contributed by atoms with Gasteiger partial charge < -0.3 is 29.6 Å². The maximum atomic E-state index is 13.1. The number of nitrogen functional groups attached to an aromatic ring is 1. The summed E-state index contributed by atoms with van der Waals surface area (Å²) in [5, 5.41) is 0.713. The Morgan fingerprint density at radius 3 is 1.85 bits per heavy atom. The van der Waals surface area contributed by atoms with E-state index in [0.29, 0.717) is 27.9 Å². The lowest BCUT2D eigenvalue weighted by Gasteiger charge is -2.31. The summed E-state index contributed by atoms with van der Waals surface area (Å²) in [6.45, 7) is 19.1. The van der Waals surface area contributed by atoms with Crippen molar-refractivity contribution in [3.63, 3.8) is 0 Å². The molecule has 3 aromatic carbocycles. The van der Waals surface area contributed by atoms with Gasteiger partial charge in [-0.2, -0.15) is 0 Å². The number of rotatable bonds is 11. The van der Waals surface area contributed by atoms with E-state index in [2.05, 4.69) is 22.9 Å². The Morgan fingerprint density at radius 2 is 1.31 bits per heavy atom. The molecule has 0 unspecified atom stereocenters. The third-order valence-electron chi connectivity index (χ3n) is 8.71. The summed E-state index contributed by atoms with van der Waals surface area (Å²) >= 11 is 0. The maximum Gasteiger partial charge on any atom is 0.338 e. The molecule has 1 aliphatic carbocycles. The van der Waals surface area contributed by atoms with Crippen LogP contribution < -0.4 is 10.6 Å². The van der Waals surface area contributed by atoms with Crippen molar-refractivity contribution in [1.82, 2.24) is 4.98 Å². The number of hydrogen-bond acceptors (Lipinski definition) is 12. The SMILES string of the molecule is C=C(C)C(=O)OCCOC(=O)c1cccc(C(=O)OCCOC(=O)C(=C)C)c1.[C-]#[N+]c1c(N2CCCCC2)nc2ccc(N)c3c2c1-c1ccccc1C3=O. The third kappa shape index (κ3) is 9.05. The molecule has 55 heavy (non-hydrogen) atoms. The summed E-state index contributed by atoms with van der Waals surface area (Å²) in [7, 11) is 0. The summed E-state index contributed by atoms with van der Waals surface area (Å²) in [4.78, 5) is 70.4. The molecule has 0 atom stereocenters. The minimum Gasteiger partial charge on any atom is -0.459 e. The number of benzene rings is 3. The fourth-order valence-corrected chi connectivity index (χ4v) is 6.05. The summed E-state index contributed by atoms with van der Waals surface area (Å²) < 4.78 is 19.6. The van der Waals surface area contributed by atoms with Crippen LogP contribution in [0.25, 0.3) is 26.9 Å². The van der Waals surface area contributed by atoms with E-state index >= 15 is 0 Å². The van der Waals surface area contributed by atoms with Gasteiger partial charge in [0.1, 0.15) is 32.2 Å². The van der Waals surface area contributed by atoms with Crippen LogP contribution in [0.3, 0.4) is 0 Å². The molecule has 0 bridgehead atoms. The number of esters is 4. The monoisotopic (exact) mass is 744 g/mol. The molecule has 13 heteroatoms. The molecule has 4 aromatic rings. The van der Waals surface area contributed by atoms with Crippen LogP contribution in [-0.4, -0.2) is 74.2 Å². The van der Waals surface area contributed by atoms with Crippen LogP contribution in [0.15, 0.2) is 85.0 Å². The minimum atomic E-state index is -0.684. The molecule has 6 rings (SSSR count). The molecule has 0 spiro atoms. The first kappa shape index (κ1) is 39.4. The van der Waals surface area contributed by atoms with Crippen molar-refractivity contribution in [2.45, 2.75) is 33.1 Å². The zero-order valence-corrected chi connectivity index (χ0v) is 30.6. The summed E-state index contributed by atoms with van der Waals surface area (Å²) in [5.74, 6) is -1.88. The summed E-state index contributed by atoms with van der Waals surface area (Å²) in [6, 6.07) is 16.8. The van der Waals surface area contributed by atoms with Gasteiger partial charge in [0.2, 0.25) is 5.69 Å². The first-order valence-corrected chi connectivity index (χ1v) is 17.5. The lowest BCUT2D eigenvalue weighted by atomic mass is 9.82. The predicted octanol–water partition coefficient (Wildman–Crippen LogP) is 6.81. The van der Waals surface area contributed by atoms with E-state index in [9.17, 15) is 24.0 Å². The van der Waals surface area contributed by atoms with Crippen molar-refractivity contribution < 1.29 is 42.9 Å². The van der Waals surface area contributed by atoms with E-state index in [-0.39, 0.29) is 54.5 Å². The molecular weight excluding hydrogens is 704 g/mol. The Kier molecular flexibility index (Phi) is 12.8. The number of nitrogens with zero attached hydrogens (tertiary/aromatic N) is 3. The maximum absolute atomic E-state index is 13.1. The number of ether oxygens (including phenoxy) is 4. The molecule has 282 valence electrons. The molecule has 1 aliphatic heterocycles. The predicted molar refractivity (Wildman–Crippen MR) is 206 cm³/mol. The third-order valence-corrected chi connectivity index (χ3v) is 8.71. The largest absolute Gasteiger partial charge is 0.459 e. The number of hydrogen-bond donors (Lipinski definition) is 1. The van der Waals surface area contributed by atoms with Crippen molar-refractivity contribution in [2.24, 2.45) is 0 Å². The molecule has 0 amide bonds. The van der Waals surface area contributed by atoms with E-state index < -0.39 is 23.9 Å². The quantitative estimate of drug-likeness (QED) is 0.0375. The van der Waals surface area contributed by atoms with Crippen LogP contribution >= 0.6 is 0 Å². The van der Waals surface area contributed by atoms with Crippen LogP contribution in [0, 0.1) is 6.57 Å². The van der Waals surface area contributed by atoms with Crippen LogP contribution in [0.2, 0.25) is 0 Å². The average molecular weight is 745 g/mol. The van der Waals surface area contributed by atoms with Crippen LogP contribution in [0.5, 0.6) is 0 Å². The van der Waals surface area contributed by atoms with E-state index in [1.807, 2.05) is 30.3 Å². The summed E-state index contributed by atoms with van der Waals surface area (Å²) in [6.07, 6.45) is 3.42. The number of anilines is 2. The molecule has 0 radical (unpaired) electrons. The highest BCUT2D eigenvalue weighted by atomic mass is 16.6. The normalized spacial score (nSPS) is 12.6. The number of carbonyl (C=O) groups excluding carboxylic acids is 5. The highest BCUT2D eigenvalue weighted by Crippen LogP contribution is 2.49. The number of piperidine rings is 1. The van der Waals surface area contributed by atoms with E-state index in [4.69, 9.17) is 36.2 Å². The van der Waals surface area contributed by atoms with Gasteiger partial charge in [-0.15, -0.1) is 0 Å². The number of aromatic nitrogens is 1. The molecule has 2 aliphatic rings. The molecule has 1 fully saturated rings. The van der Waals surface area contributed by atoms with E-state index in [1.165, 1.54) is 44.5 Å². The lowest BCUT2D eigenvalue weighted by molar-refractivity contribution is -0.140. The van der Waals surface area contributed by atoms with Gasteiger partial charge in [0.25, 0.3) is 0 Å². The van der Waals surface area contributed by atoms with Crippen LogP contribution in [0.4, 0.5) is 17.2 Å². The topological polar surface area (TPSA) is 169 Å². The Morgan fingerprint density at radius 1 is 0.764 bits per heavy atom. The number of nitrogens with two attached hydrogens (primary N) is 1. The van der Waals surface area contributed by atoms with Crippen LogP contribution in [0.1, 0.15) is 69.7 Å². The van der Waals surface area contributed by atoms with Gasteiger partial charge in [0.05, 0.1) is 28.8 Å². The Bertz CT molecular complexity index is 2190. The van der Waals surface area contributed by atoms with Gasteiger partial charge >= 0.3 is 23.9 Å². The second-order valence-electron chi connectivity index (χ2n) is 12.8. The Hall–Kier alpha value is -6.81. The molecule has 0 saturated carbocycles. The standard InChI is InChI=1S/C22H18N4O.C20H22O8/c1-24-20-17-13-7-3-4-8-14(13)21(27)18-15(23)9-10-16(19(17)18)25-22(20)26-11-5-2-6-12-26;1-13(2)17(21)25-8-10-27-19(23)15-6-5-7-16(12-15)20(24)28-11-9-26-18(22)14(3)4/h3-4,7-10H,2,5-6,11-12,23H2;5-7,12H,1,3,8-11H2,2,4H3. The van der Waals surface area contributed by atoms with Gasteiger partial charge in [-0.1, -0.05) is 43.5 Å². The Labute approximate surface area is 318 Å². The molecule has 2 heterocycles. The fourth-order valence-electron chi connectivity index (χ4n) is 6.05. The van der Waals surface area contributed by atoms with Gasteiger partial charge in [-0.3, -0.25) is 4.79 Å². The first-order chi connectivity index (χ1) is 26.4. The second-order valence-corrected chi connectivity index (χ2v) is 12.8. The first-order valence-electron chi connectivity index (χ1n) is 17.5. The fraction of sp³-hybridized carbons (Fsp3) is 0.262. The van der Waals surface area contributed by atoms with Crippen LogP contribution in [-0.2, 0) is 28.5 Å². The molecule has 1 aromatic heterocycles. The molecule has 2 N–H and O–H groups in total. The zero-order chi connectivity index (χ0) is 39.6. The van der Waals surface area contributed by atoms with Crippen molar-refractivity contribution in [1.29, 1.82) is 0 Å². The lowest BCUT2D eigenvalue weighted by Crippen LogP contribution is -2.30. The molecule has 13 nitrogen and oxygen atoms in total.